The second kappa shape index (κ2) is 16.6. The minimum Gasteiger partial charge on any atom is -0.492 e. The maximum absolute atomic E-state index is 13.5. The van der Waals surface area contributed by atoms with Crippen molar-refractivity contribution in [1.82, 2.24) is 36.3 Å². The zero-order valence-corrected chi connectivity index (χ0v) is 26.1. The van der Waals surface area contributed by atoms with E-state index in [4.69, 9.17) is 4.74 Å². The first-order valence-electron chi connectivity index (χ1n) is 14.7. The lowest BCUT2D eigenvalue weighted by atomic mass is 10.0. The number of thioether (sulfide) groups is 1. The third kappa shape index (κ3) is 10.3. The highest BCUT2D eigenvalue weighted by atomic mass is 32.2. The molecule has 2 aliphatic heterocycles. The van der Waals surface area contributed by atoms with E-state index in [1.54, 1.807) is 35.1 Å². The summed E-state index contributed by atoms with van der Waals surface area (Å²) in [5.41, 5.74) is 2.04. The predicted octanol–water partition coefficient (Wildman–Crippen LogP) is 0.360. The summed E-state index contributed by atoms with van der Waals surface area (Å²) in [5, 5.41) is 29.6. The summed E-state index contributed by atoms with van der Waals surface area (Å²) in [5.74, 6) is -1.02. The van der Waals surface area contributed by atoms with Gasteiger partial charge in [-0.1, -0.05) is 47.7 Å². The highest BCUT2D eigenvalue weighted by Gasteiger charge is 2.32. The number of carbonyl (C=O) groups excluding carboxylic acids is 4. The number of benzene rings is 2. The zero-order chi connectivity index (χ0) is 32.2. The van der Waals surface area contributed by atoms with Crippen LogP contribution in [0.4, 0.5) is 0 Å². The van der Waals surface area contributed by atoms with Crippen LogP contribution < -0.4 is 26.0 Å². The highest BCUT2D eigenvalue weighted by Crippen LogP contribution is 2.14. The van der Waals surface area contributed by atoms with Crippen molar-refractivity contribution in [2.75, 3.05) is 18.6 Å². The molecule has 2 aromatic carbocycles. The molecule has 0 saturated carbocycles. The summed E-state index contributed by atoms with van der Waals surface area (Å²) in [6.45, 7) is 2.17. The van der Waals surface area contributed by atoms with Gasteiger partial charge >= 0.3 is 0 Å². The van der Waals surface area contributed by atoms with Crippen LogP contribution in [-0.4, -0.2) is 86.6 Å². The Morgan fingerprint density at radius 2 is 1.73 bits per heavy atom. The van der Waals surface area contributed by atoms with Crippen LogP contribution in [0.3, 0.4) is 0 Å². The molecule has 0 saturated heterocycles. The van der Waals surface area contributed by atoms with Gasteiger partial charge in [-0.2, -0.15) is 11.8 Å². The summed E-state index contributed by atoms with van der Waals surface area (Å²) < 4.78 is 7.41. The van der Waals surface area contributed by atoms with Gasteiger partial charge in [0.1, 0.15) is 36.2 Å². The second-order valence-corrected chi connectivity index (χ2v) is 11.7. The smallest absolute Gasteiger partial charge is 0.245 e. The zero-order valence-electron chi connectivity index (χ0n) is 25.3. The average Bonchev–Trinajstić information content (AvgIpc) is 3.48. The maximum Gasteiger partial charge on any atom is 0.245 e. The van der Waals surface area contributed by atoms with Crippen molar-refractivity contribution in [3.63, 3.8) is 0 Å². The quantitative estimate of drug-likeness (QED) is 0.239. The molecule has 240 valence electrons. The number of aliphatic hydroxyl groups is 1. The first kappa shape index (κ1) is 33.5. The van der Waals surface area contributed by atoms with Gasteiger partial charge in [0.15, 0.2) is 0 Å². The molecule has 3 aromatic rings. The molecular weight excluding hydrogens is 598 g/mol. The van der Waals surface area contributed by atoms with Crippen LogP contribution in [0.15, 0.2) is 60.8 Å². The van der Waals surface area contributed by atoms with Crippen LogP contribution in [0.25, 0.3) is 0 Å². The van der Waals surface area contributed by atoms with E-state index in [2.05, 4.69) is 31.6 Å². The topological polar surface area (TPSA) is 177 Å². The number of carbonyl (C=O) groups is 4. The first-order chi connectivity index (χ1) is 21.7. The van der Waals surface area contributed by atoms with Crippen LogP contribution >= 0.6 is 11.8 Å². The maximum atomic E-state index is 13.5. The lowest BCUT2D eigenvalue weighted by Gasteiger charge is -2.27. The SMILES string of the molecule is CSCC[C@H]1NC(=O)Cc2ccc(cc2)OCCn2cc(nn2)CNC(=O)[C@H](Cc2ccccc2)NC(=O)[C@H]([C@@H](C)O)NC1=O. The van der Waals surface area contributed by atoms with Crippen molar-refractivity contribution < 1.29 is 29.0 Å². The number of rotatable bonds is 6. The lowest BCUT2D eigenvalue weighted by molar-refractivity contribution is -0.135. The lowest BCUT2D eigenvalue weighted by Crippen LogP contribution is -2.60. The third-order valence-corrected chi connectivity index (χ3v) is 7.79. The Balaban J connectivity index is 1.59. The van der Waals surface area contributed by atoms with Crippen molar-refractivity contribution in [2.45, 2.75) is 63.5 Å². The molecule has 45 heavy (non-hydrogen) atoms. The molecule has 5 N–H and O–H groups in total. The van der Waals surface area contributed by atoms with E-state index in [1.807, 2.05) is 36.6 Å². The van der Waals surface area contributed by atoms with Crippen LogP contribution in [-0.2, 0) is 45.1 Å². The average molecular weight is 638 g/mol. The van der Waals surface area contributed by atoms with Crippen molar-refractivity contribution in [1.29, 1.82) is 0 Å². The standard InChI is InChI=1S/C31H39N7O6S/c1-20(39)28-31(43)34-26(16-21-6-4-3-5-7-21)29(41)32-18-23-19-38(37-36-23)13-14-44-24-10-8-22(9-11-24)17-27(40)33-25(12-15-45-2)30(42)35-28/h3-11,19-20,25-26,28,39H,12-18H2,1-2H3,(H,32,41)(H,33,40)(H,34,43)(H,35,42)/t20-,25-,26+,28+/m1/s1. The molecule has 3 heterocycles. The van der Waals surface area contributed by atoms with E-state index in [0.29, 0.717) is 36.8 Å². The monoisotopic (exact) mass is 637 g/mol. The van der Waals surface area contributed by atoms with Crippen molar-refractivity contribution >= 4 is 35.4 Å². The Hall–Kier alpha value is -4.43. The Morgan fingerprint density at radius 1 is 0.978 bits per heavy atom. The normalized spacial score (nSPS) is 21.1. The Bertz CT molecular complexity index is 1430. The van der Waals surface area contributed by atoms with Gasteiger partial charge in [-0.15, -0.1) is 5.10 Å². The second-order valence-electron chi connectivity index (χ2n) is 10.7. The number of amides is 4. The summed E-state index contributed by atoms with van der Waals surface area (Å²) in [7, 11) is 0. The van der Waals surface area contributed by atoms with Crippen LogP contribution in [0.2, 0.25) is 0 Å². The van der Waals surface area contributed by atoms with Crippen molar-refractivity contribution in [3.8, 4) is 5.75 Å². The first-order valence-corrected chi connectivity index (χ1v) is 16.1. The number of fused-ring (bicyclic) bond motifs is 16. The number of hydrogen-bond acceptors (Lipinski definition) is 9. The van der Waals surface area contributed by atoms with Crippen molar-refractivity contribution in [2.24, 2.45) is 0 Å². The Labute approximate surface area is 265 Å². The van der Waals surface area contributed by atoms with Crippen LogP contribution in [0.1, 0.15) is 30.2 Å². The van der Waals surface area contributed by atoms with E-state index in [1.165, 1.54) is 18.7 Å². The number of nitrogens with zero attached hydrogens (tertiary/aromatic N) is 3. The highest BCUT2D eigenvalue weighted by molar-refractivity contribution is 7.98. The molecule has 14 heteroatoms. The van der Waals surface area contributed by atoms with E-state index in [0.717, 1.165) is 11.1 Å². The van der Waals surface area contributed by atoms with Crippen LogP contribution in [0, 0.1) is 0 Å². The fourth-order valence-electron chi connectivity index (χ4n) is 4.71. The fraction of sp³-hybridized carbons (Fsp3) is 0.419. The molecule has 5 rings (SSSR count). The van der Waals surface area contributed by atoms with Gasteiger partial charge in [-0.3, -0.25) is 19.2 Å². The Morgan fingerprint density at radius 3 is 2.44 bits per heavy atom. The van der Waals surface area contributed by atoms with Gasteiger partial charge in [-0.25, -0.2) is 4.68 Å². The van der Waals surface area contributed by atoms with Crippen molar-refractivity contribution in [3.05, 3.63) is 77.6 Å². The number of aromatic nitrogens is 3. The molecule has 4 bridgehead atoms. The summed E-state index contributed by atoms with van der Waals surface area (Å²) in [6, 6.07) is 12.9. The predicted molar refractivity (Wildman–Crippen MR) is 168 cm³/mol. The molecule has 0 fully saturated rings. The minimum atomic E-state index is -1.38. The van der Waals surface area contributed by atoms with Gasteiger partial charge < -0.3 is 31.1 Å². The number of aliphatic hydroxyl groups excluding tert-OH is 1. The molecule has 1 aromatic heterocycles. The Kier molecular flexibility index (Phi) is 12.3. The van der Waals surface area contributed by atoms with Gasteiger partial charge in [0, 0.05) is 6.42 Å². The van der Waals surface area contributed by atoms with E-state index >= 15 is 0 Å². The largest absolute Gasteiger partial charge is 0.492 e. The molecule has 4 atom stereocenters. The molecule has 13 nitrogen and oxygen atoms in total. The van der Waals surface area contributed by atoms with Gasteiger partial charge in [0.05, 0.1) is 31.8 Å². The van der Waals surface area contributed by atoms with E-state index in [-0.39, 0.29) is 25.3 Å². The summed E-state index contributed by atoms with van der Waals surface area (Å²) in [4.78, 5) is 53.2. The molecule has 0 spiro atoms. The summed E-state index contributed by atoms with van der Waals surface area (Å²) >= 11 is 1.51. The van der Waals surface area contributed by atoms with Gasteiger partial charge in [0.25, 0.3) is 0 Å². The van der Waals surface area contributed by atoms with Gasteiger partial charge in [-0.05, 0) is 48.6 Å². The summed E-state index contributed by atoms with van der Waals surface area (Å²) in [6.07, 6.45) is 2.78. The molecule has 2 aliphatic rings. The number of nitrogens with one attached hydrogen (secondary N) is 4. The van der Waals surface area contributed by atoms with E-state index in [9.17, 15) is 24.3 Å². The van der Waals surface area contributed by atoms with Gasteiger partial charge in [0.2, 0.25) is 23.6 Å². The molecule has 0 radical (unpaired) electrons. The van der Waals surface area contributed by atoms with Crippen LogP contribution in [0.5, 0.6) is 5.75 Å². The molecule has 4 amide bonds. The molecule has 0 aliphatic carbocycles. The minimum absolute atomic E-state index is 0.0294. The number of hydrogen-bond donors (Lipinski definition) is 5. The third-order valence-electron chi connectivity index (χ3n) is 7.15. The molecule has 0 unspecified atom stereocenters. The molecular formula is C31H39N7O6S. The van der Waals surface area contributed by atoms with E-state index < -0.39 is 42.0 Å². The number of ether oxygens (including phenoxy) is 1. The fourth-order valence-corrected chi connectivity index (χ4v) is 5.18.